The van der Waals surface area contributed by atoms with Crippen LogP contribution in [0.2, 0.25) is 9.26 Å². The molecule has 0 radical (unpaired) electrons. The van der Waals surface area contributed by atoms with Gasteiger partial charge in [0.2, 0.25) is 5.91 Å². The topological polar surface area (TPSA) is 86.6 Å². The molecule has 1 unspecified atom stereocenters. The molecule has 3 N–H and O–H groups in total. The summed E-state index contributed by atoms with van der Waals surface area (Å²) in [5.41, 5.74) is 1.66. The molecule has 0 fully saturated rings. The first-order valence-electron chi connectivity index (χ1n) is 9.82. The largest absolute Gasteiger partial charge is 0.369 e. The summed E-state index contributed by atoms with van der Waals surface area (Å²) in [7, 11) is 0. The molecular formula is C17H16ClN6O+. The van der Waals surface area contributed by atoms with E-state index in [0.29, 0.717) is 21.2 Å². The molecule has 0 saturated heterocycles. The minimum Gasteiger partial charge on any atom is -0.369 e. The number of rotatable bonds is 3. The van der Waals surface area contributed by atoms with Gasteiger partial charge < -0.3 is 10.6 Å². The van der Waals surface area contributed by atoms with Crippen molar-refractivity contribution in [2.24, 2.45) is 0 Å². The van der Waals surface area contributed by atoms with E-state index in [-0.39, 0.29) is 17.2 Å². The number of aryl methyl sites for hydroxylation is 1. The Morgan fingerprint density at radius 2 is 2.24 bits per heavy atom. The molecule has 0 saturated carbocycles. The number of nitrogens with zero attached hydrogens (tertiary/aromatic N) is 3. The number of halogens is 1. The van der Waals surface area contributed by atoms with Crippen LogP contribution in [0.15, 0.2) is 42.5 Å². The van der Waals surface area contributed by atoms with Crippen LogP contribution in [0, 0.1) is 6.92 Å². The van der Waals surface area contributed by atoms with Gasteiger partial charge in [0.1, 0.15) is 6.04 Å². The molecule has 1 aromatic heterocycles. The Labute approximate surface area is 156 Å². The summed E-state index contributed by atoms with van der Waals surface area (Å²) in [5, 5.41) is 9.78. The van der Waals surface area contributed by atoms with E-state index in [2.05, 4.69) is 10.3 Å². The molecule has 2 heterocycles. The average molecular weight is 361 g/mol. The first kappa shape index (κ1) is 10.8. The Balaban J connectivity index is 1.79. The maximum Gasteiger partial charge on any atom is 0.339 e. The molecule has 1 aliphatic rings. The monoisotopic (exact) mass is 360 g/mol. The van der Waals surface area contributed by atoms with Crippen LogP contribution in [0.3, 0.4) is 0 Å². The second-order valence-corrected chi connectivity index (χ2v) is 5.95. The number of carbonyl (C=O) groups excluding carboxylic acids is 1. The third kappa shape index (κ3) is 3.06. The Kier molecular flexibility index (Phi) is 2.68. The summed E-state index contributed by atoms with van der Waals surface area (Å²) in [6, 6.07) is 9.47. The Hall–Kier alpha value is -2.93. The molecule has 0 aliphatic carbocycles. The van der Waals surface area contributed by atoms with Crippen LogP contribution in [0.1, 0.15) is 26.5 Å². The zero-order valence-corrected chi connectivity index (χ0v) is 13.8. The van der Waals surface area contributed by atoms with Gasteiger partial charge in [-0.1, -0.05) is 34.0 Å². The minimum absolute atomic E-state index is 0.120. The van der Waals surface area contributed by atoms with Crippen LogP contribution in [0.4, 0.5) is 11.4 Å². The van der Waals surface area contributed by atoms with Gasteiger partial charge in [-0.15, -0.1) is 0 Å². The van der Waals surface area contributed by atoms with Crippen molar-refractivity contribution in [1.82, 2.24) is 15.5 Å². The SMILES string of the molecule is [2H]N(C(=O)C([2H])([2H])C1c2nn([2H])n[n+]2-c2ccc(Cl)cc2N1[2H])c1ccc(C)cc1. The van der Waals surface area contributed by atoms with Crippen molar-refractivity contribution in [1.29, 1.82) is 0 Å². The van der Waals surface area contributed by atoms with Gasteiger partial charge in [-0.25, -0.2) is 0 Å². The van der Waals surface area contributed by atoms with Crippen molar-refractivity contribution in [2.75, 3.05) is 10.6 Å². The second-order valence-electron chi connectivity index (χ2n) is 5.51. The number of aromatic nitrogens is 4. The van der Waals surface area contributed by atoms with Gasteiger partial charge in [-0.2, -0.15) is 0 Å². The lowest BCUT2D eigenvalue weighted by molar-refractivity contribution is -0.670. The van der Waals surface area contributed by atoms with E-state index in [9.17, 15) is 4.79 Å². The summed E-state index contributed by atoms with van der Waals surface area (Å²) < 4.78 is 42.6. The summed E-state index contributed by atoms with van der Waals surface area (Å²) in [5.74, 6) is -1.31. The first-order valence-corrected chi connectivity index (χ1v) is 7.86. The highest BCUT2D eigenvalue weighted by Crippen LogP contribution is 2.30. The lowest BCUT2D eigenvalue weighted by Crippen LogP contribution is -2.44. The molecule has 8 heteroatoms. The quantitative estimate of drug-likeness (QED) is 0.626. The third-order valence-corrected chi connectivity index (χ3v) is 3.93. The number of carbonyl (C=O) groups is 1. The highest BCUT2D eigenvalue weighted by Gasteiger charge is 2.35. The fraction of sp³-hybridized carbons (Fsp3) is 0.176. The molecule has 25 heavy (non-hydrogen) atoms. The number of aromatic amines is 1. The first-order chi connectivity index (χ1) is 14.1. The summed E-state index contributed by atoms with van der Waals surface area (Å²) in [6.07, 6.45) is -2.76. The van der Waals surface area contributed by atoms with Crippen LogP contribution in [0.25, 0.3) is 5.69 Å². The van der Waals surface area contributed by atoms with E-state index in [0.717, 1.165) is 10.9 Å². The van der Waals surface area contributed by atoms with Gasteiger partial charge in [0.15, 0.2) is 8.51 Å². The van der Waals surface area contributed by atoms with E-state index in [1.807, 2.05) is 6.92 Å². The maximum atomic E-state index is 13.0. The van der Waals surface area contributed by atoms with Crippen molar-refractivity contribution in [3.8, 4) is 5.69 Å². The average Bonchev–Trinajstić information content (AvgIpc) is 3.08. The van der Waals surface area contributed by atoms with Crippen LogP contribution in [-0.4, -0.2) is 21.4 Å². The smallest absolute Gasteiger partial charge is 0.339 e. The van der Waals surface area contributed by atoms with Gasteiger partial charge >= 0.3 is 7.24 Å². The molecular weight excluding hydrogens is 340 g/mol. The van der Waals surface area contributed by atoms with Crippen LogP contribution < -0.4 is 15.3 Å². The number of benzene rings is 2. The van der Waals surface area contributed by atoms with Gasteiger partial charge in [0, 0.05) is 13.5 Å². The number of hydrogen-bond acceptors (Lipinski definition) is 4. The van der Waals surface area contributed by atoms with Crippen molar-refractivity contribution in [2.45, 2.75) is 19.3 Å². The maximum absolute atomic E-state index is 13.0. The Morgan fingerprint density at radius 3 is 3.04 bits per heavy atom. The number of tetrazole rings is 1. The summed E-state index contributed by atoms with van der Waals surface area (Å²) in [4.78, 5) is 13.0. The van der Waals surface area contributed by atoms with E-state index < -0.39 is 18.3 Å². The van der Waals surface area contributed by atoms with Crippen LogP contribution >= 0.6 is 11.6 Å². The molecule has 126 valence electrons. The number of hydrogen-bond donors (Lipinski definition) is 3. The van der Waals surface area contributed by atoms with Gasteiger partial charge in [0.05, 0.1) is 22.4 Å². The number of nitrogens with one attached hydrogen (secondary N) is 3. The predicted octanol–water partition coefficient (Wildman–Crippen LogP) is 2.54. The number of H-pyrrole nitrogens is 1. The van der Waals surface area contributed by atoms with E-state index >= 15 is 0 Å². The van der Waals surface area contributed by atoms with Gasteiger partial charge in [-0.3, -0.25) is 4.79 Å². The number of anilines is 2. The zero-order chi connectivity index (χ0) is 21.8. The molecule has 1 atom stereocenters. The van der Waals surface area contributed by atoms with Crippen molar-refractivity contribution < 1.29 is 16.5 Å². The molecule has 1 aliphatic heterocycles. The molecule has 3 aromatic rings. The lowest BCUT2D eigenvalue weighted by Gasteiger charge is -2.21. The lowest BCUT2D eigenvalue weighted by atomic mass is 10.1. The predicted molar refractivity (Wildman–Crippen MR) is 93.7 cm³/mol. The van der Waals surface area contributed by atoms with Crippen LogP contribution in [0.5, 0.6) is 0 Å². The highest BCUT2D eigenvalue weighted by atomic mass is 35.5. The number of amides is 1. The molecule has 7 nitrogen and oxygen atoms in total. The van der Waals surface area contributed by atoms with Gasteiger partial charge in [-0.05, 0) is 42.5 Å². The fourth-order valence-corrected chi connectivity index (χ4v) is 2.66. The number of fused-ring (bicyclic) bond motifs is 3. The third-order valence-electron chi connectivity index (χ3n) is 3.70. The summed E-state index contributed by atoms with van der Waals surface area (Å²) in [6.45, 7) is 1.85. The highest BCUT2D eigenvalue weighted by molar-refractivity contribution is 6.30. The Morgan fingerprint density at radius 1 is 1.44 bits per heavy atom. The van der Waals surface area contributed by atoms with Gasteiger partial charge in [0.25, 0.3) is 0 Å². The molecule has 0 bridgehead atoms. The zero-order valence-electron chi connectivity index (χ0n) is 18.1. The van der Waals surface area contributed by atoms with Crippen molar-refractivity contribution in [3.05, 3.63) is 58.9 Å². The molecule has 0 spiro atoms. The van der Waals surface area contributed by atoms with Crippen LogP contribution in [-0.2, 0) is 4.79 Å². The molecule has 2 aromatic carbocycles. The standard InChI is InChI=1S/C17H15ClN6O/c1-10-2-5-12(6-3-10)19-16(25)9-14-17-21-22-23-24(17)15-7-4-11(18)8-13(15)20-14/h2-8,14,20H,9H2,1H3,(H,19,25)/p+1/i9D2/hD3. The molecule has 1 amide bonds. The second kappa shape index (κ2) is 6.18. The Bertz CT molecular complexity index is 1140. The van der Waals surface area contributed by atoms with Crippen molar-refractivity contribution >= 4 is 28.9 Å². The fourth-order valence-electron chi connectivity index (χ4n) is 2.49. The van der Waals surface area contributed by atoms with E-state index in [1.54, 1.807) is 24.3 Å². The summed E-state index contributed by atoms with van der Waals surface area (Å²) >= 11 is 6.05. The molecule has 4 rings (SSSR count). The normalized spacial score (nSPS) is 18.9. The minimum atomic E-state index is -2.76. The van der Waals surface area contributed by atoms with E-state index in [1.165, 1.54) is 22.9 Å². The van der Waals surface area contributed by atoms with E-state index in [4.69, 9.17) is 18.6 Å². The van der Waals surface area contributed by atoms with Crippen molar-refractivity contribution in [3.63, 3.8) is 0 Å².